The molecule has 0 amide bonds. The number of Topliss-reactive ketones (excluding diaryl/α,β-unsaturated/α-hetero) is 1. The van der Waals surface area contributed by atoms with E-state index in [2.05, 4.69) is 4.72 Å². The smallest absolute Gasteiger partial charge is 0.321 e. The van der Waals surface area contributed by atoms with Gasteiger partial charge in [-0.15, -0.1) is 11.3 Å². The highest BCUT2D eigenvalue weighted by atomic mass is 32.2. The topological polar surface area (TPSA) is 127 Å². The third-order valence-corrected chi connectivity index (χ3v) is 9.12. The van der Waals surface area contributed by atoms with Crippen LogP contribution in [-0.2, 0) is 29.6 Å². The lowest BCUT2D eigenvalue weighted by Gasteiger charge is -2.15. The van der Waals surface area contributed by atoms with Crippen molar-refractivity contribution < 1.29 is 31.2 Å². The number of nitrogens with zero attached hydrogens (tertiary/aromatic N) is 1. The van der Waals surface area contributed by atoms with Crippen molar-refractivity contribution in [3.05, 3.63) is 47.3 Å². The average Bonchev–Trinajstić information content (AvgIpc) is 3.45. The Labute approximate surface area is 178 Å². The number of hydrogen-bond donors (Lipinski definition) is 1. The van der Waals surface area contributed by atoms with Gasteiger partial charge in [0.1, 0.15) is 10.8 Å². The van der Waals surface area contributed by atoms with E-state index in [4.69, 9.17) is 4.74 Å². The molecule has 1 aromatic carbocycles. The summed E-state index contributed by atoms with van der Waals surface area (Å²) in [5.41, 5.74) is 0.183. The Hall–Kier alpha value is -2.12. The minimum absolute atomic E-state index is 0.0651. The van der Waals surface area contributed by atoms with Crippen LogP contribution in [0.4, 0.5) is 0 Å². The van der Waals surface area contributed by atoms with E-state index >= 15 is 0 Å². The number of sulfonamides is 2. The molecule has 1 aliphatic heterocycles. The second kappa shape index (κ2) is 9.35. The van der Waals surface area contributed by atoms with Crippen LogP contribution in [0.2, 0.25) is 0 Å². The molecular formula is C18H20N2O7S3. The average molecular weight is 473 g/mol. The maximum absolute atomic E-state index is 12.5. The van der Waals surface area contributed by atoms with E-state index in [0.29, 0.717) is 13.1 Å². The summed E-state index contributed by atoms with van der Waals surface area (Å²) in [6.07, 6.45) is 1.65. The molecule has 1 saturated heterocycles. The molecule has 1 fully saturated rings. The molecule has 0 radical (unpaired) electrons. The standard InChI is InChI=1S/C18H20N2O7S3/c21-16(13-27-17(22)12-19-29(23,24)18-4-3-11-28-18)14-5-7-15(8-6-14)30(25,26)20-9-1-2-10-20/h3-8,11,19H,1-2,9-10,12-13H2. The van der Waals surface area contributed by atoms with Gasteiger partial charge in [0.05, 0.1) is 4.90 Å². The zero-order valence-corrected chi connectivity index (χ0v) is 18.3. The first-order chi connectivity index (χ1) is 14.2. The van der Waals surface area contributed by atoms with Gasteiger partial charge in [-0.1, -0.05) is 6.07 Å². The lowest BCUT2D eigenvalue weighted by atomic mass is 10.1. The van der Waals surface area contributed by atoms with Crippen LogP contribution >= 0.6 is 11.3 Å². The second-order valence-corrected chi connectivity index (χ2v) is 11.4. The van der Waals surface area contributed by atoms with E-state index in [-0.39, 0.29) is 14.7 Å². The Bertz CT molecular complexity index is 1100. The molecule has 12 heteroatoms. The van der Waals surface area contributed by atoms with Gasteiger partial charge in [0.15, 0.2) is 12.4 Å². The molecule has 3 rings (SSSR count). The first kappa shape index (κ1) is 22.6. The minimum Gasteiger partial charge on any atom is -0.456 e. The Kier molecular flexibility index (Phi) is 7.03. The molecule has 1 N–H and O–H groups in total. The van der Waals surface area contributed by atoms with Crippen molar-refractivity contribution in [3.63, 3.8) is 0 Å². The van der Waals surface area contributed by atoms with Crippen LogP contribution in [-0.4, -0.2) is 59.1 Å². The maximum atomic E-state index is 12.5. The Morgan fingerprint density at radius 3 is 2.30 bits per heavy atom. The van der Waals surface area contributed by atoms with Crippen molar-refractivity contribution in [2.75, 3.05) is 26.2 Å². The molecule has 2 aromatic rings. The van der Waals surface area contributed by atoms with Crippen LogP contribution < -0.4 is 4.72 Å². The van der Waals surface area contributed by atoms with Crippen LogP contribution in [0.3, 0.4) is 0 Å². The zero-order valence-electron chi connectivity index (χ0n) is 15.8. The van der Waals surface area contributed by atoms with Crippen LogP contribution in [0.5, 0.6) is 0 Å². The van der Waals surface area contributed by atoms with Gasteiger partial charge in [-0.05, 0) is 48.6 Å². The monoisotopic (exact) mass is 472 g/mol. The largest absolute Gasteiger partial charge is 0.456 e. The molecule has 1 aromatic heterocycles. The van der Waals surface area contributed by atoms with Crippen molar-refractivity contribution in [1.82, 2.24) is 9.03 Å². The van der Waals surface area contributed by atoms with Crippen LogP contribution in [0.1, 0.15) is 23.2 Å². The normalized spacial score (nSPS) is 15.2. The van der Waals surface area contributed by atoms with Crippen molar-refractivity contribution >= 4 is 43.1 Å². The number of esters is 1. The molecule has 1 aliphatic rings. The minimum atomic E-state index is -3.81. The zero-order chi connectivity index (χ0) is 21.8. The summed E-state index contributed by atoms with van der Waals surface area (Å²) in [5, 5.41) is 1.59. The SMILES string of the molecule is O=C(CNS(=O)(=O)c1cccs1)OCC(=O)c1ccc(S(=O)(=O)N2CCCC2)cc1. The van der Waals surface area contributed by atoms with Crippen molar-refractivity contribution in [3.8, 4) is 0 Å². The van der Waals surface area contributed by atoms with Crippen LogP contribution in [0.15, 0.2) is 50.9 Å². The van der Waals surface area contributed by atoms with Crippen molar-refractivity contribution in [2.45, 2.75) is 21.9 Å². The number of ether oxygens (including phenoxy) is 1. The summed E-state index contributed by atoms with van der Waals surface area (Å²) < 4.78 is 57.2. The number of carbonyl (C=O) groups is 2. The quantitative estimate of drug-likeness (QED) is 0.430. The molecule has 9 nitrogen and oxygen atoms in total. The van der Waals surface area contributed by atoms with Crippen molar-refractivity contribution in [1.29, 1.82) is 0 Å². The third-order valence-electron chi connectivity index (χ3n) is 4.41. The second-order valence-electron chi connectivity index (χ2n) is 6.48. The Morgan fingerprint density at radius 1 is 1.03 bits per heavy atom. The molecule has 0 atom stereocenters. The summed E-state index contributed by atoms with van der Waals surface area (Å²) in [5.74, 6) is -1.44. The van der Waals surface area contributed by atoms with Crippen molar-refractivity contribution in [2.24, 2.45) is 0 Å². The fourth-order valence-corrected chi connectivity index (χ4v) is 6.34. The van der Waals surface area contributed by atoms with Crippen LogP contribution in [0.25, 0.3) is 0 Å². The number of nitrogens with one attached hydrogen (secondary N) is 1. The molecule has 162 valence electrons. The fourth-order valence-electron chi connectivity index (χ4n) is 2.81. The lowest BCUT2D eigenvalue weighted by Crippen LogP contribution is -2.31. The van der Waals surface area contributed by atoms with Gasteiger partial charge in [-0.25, -0.2) is 16.8 Å². The van der Waals surface area contributed by atoms with Gasteiger partial charge in [0, 0.05) is 18.7 Å². The molecule has 0 unspecified atom stereocenters. The van der Waals surface area contributed by atoms with E-state index in [1.54, 1.807) is 11.4 Å². The molecule has 0 aliphatic carbocycles. The van der Waals surface area contributed by atoms with Gasteiger partial charge in [0.2, 0.25) is 10.0 Å². The summed E-state index contributed by atoms with van der Waals surface area (Å²) >= 11 is 1.01. The Morgan fingerprint density at radius 2 is 1.70 bits per heavy atom. The van der Waals surface area contributed by atoms with Gasteiger partial charge in [0.25, 0.3) is 10.0 Å². The number of hydrogen-bond acceptors (Lipinski definition) is 8. The molecule has 0 bridgehead atoms. The maximum Gasteiger partial charge on any atom is 0.321 e. The molecule has 0 saturated carbocycles. The number of ketones is 1. The lowest BCUT2D eigenvalue weighted by molar-refractivity contribution is -0.141. The third kappa shape index (κ3) is 5.32. The first-order valence-electron chi connectivity index (χ1n) is 9.02. The summed E-state index contributed by atoms with van der Waals surface area (Å²) in [6.45, 7) is -0.233. The van der Waals surface area contributed by atoms with Gasteiger partial charge >= 0.3 is 5.97 Å². The Balaban J connectivity index is 1.51. The number of thiophene rings is 1. The highest BCUT2D eigenvalue weighted by molar-refractivity contribution is 7.91. The highest BCUT2D eigenvalue weighted by Gasteiger charge is 2.27. The summed E-state index contributed by atoms with van der Waals surface area (Å²) in [7, 11) is -7.38. The highest BCUT2D eigenvalue weighted by Crippen LogP contribution is 2.21. The van der Waals surface area contributed by atoms with E-state index in [9.17, 15) is 26.4 Å². The van der Waals surface area contributed by atoms with E-state index in [1.807, 2.05) is 0 Å². The van der Waals surface area contributed by atoms with E-state index in [0.717, 1.165) is 24.2 Å². The number of carbonyl (C=O) groups excluding carboxylic acids is 2. The van der Waals surface area contributed by atoms with Crippen LogP contribution in [0, 0.1) is 0 Å². The number of rotatable bonds is 9. The summed E-state index contributed by atoms with van der Waals surface area (Å²) in [4.78, 5) is 24.0. The van der Waals surface area contributed by atoms with Gasteiger partial charge < -0.3 is 4.74 Å². The van der Waals surface area contributed by atoms with E-state index in [1.165, 1.54) is 34.6 Å². The van der Waals surface area contributed by atoms with Gasteiger partial charge in [-0.3, -0.25) is 9.59 Å². The number of benzene rings is 1. The first-order valence-corrected chi connectivity index (χ1v) is 12.8. The van der Waals surface area contributed by atoms with E-state index < -0.39 is 45.0 Å². The molecule has 2 heterocycles. The summed E-state index contributed by atoms with van der Waals surface area (Å²) in [6, 6.07) is 8.38. The molecule has 30 heavy (non-hydrogen) atoms. The van der Waals surface area contributed by atoms with Gasteiger partial charge in [-0.2, -0.15) is 9.03 Å². The molecular weight excluding hydrogens is 452 g/mol. The predicted molar refractivity (Wildman–Crippen MR) is 109 cm³/mol. The fraction of sp³-hybridized carbons (Fsp3) is 0.333. The molecule has 0 spiro atoms. The predicted octanol–water partition coefficient (Wildman–Crippen LogP) is 1.24.